The summed E-state index contributed by atoms with van der Waals surface area (Å²) in [6.07, 6.45) is 1.69. The van der Waals surface area contributed by atoms with Gasteiger partial charge < -0.3 is 5.32 Å². The topological polar surface area (TPSA) is 51.9 Å². The maximum absolute atomic E-state index is 12.7. The quantitative estimate of drug-likeness (QED) is 0.802. The molecule has 0 saturated carbocycles. The van der Waals surface area contributed by atoms with Crippen LogP contribution in [0.15, 0.2) is 59.5 Å². The van der Waals surface area contributed by atoms with Crippen molar-refractivity contribution >= 4 is 11.5 Å². The second kappa shape index (κ2) is 5.28. The third kappa shape index (κ3) is 2.33. The Balaban J connectivity index is 2.10. The monoisotopic (exact) mass is 280 g/mol. The first kappa shape index (κ1) is 13.2. The van der Waals surface area contributed by atoms with Gasteiger partial charge in [0.2, 0.25) is 0 Å². The van der Waals surface area contributed by atoms with E-state index in [9.17, 15) is 4.79 Å². The first-order chi connectivity index (χ1) is 10.2. The van der Waals surface area contributed by atoms with Crippen LogP contribution >= 0.6 is 0 Å². The average Bonchev–Trinajstić information content (AvgIpc) is 2.73. The molecular formula is C16H16N4O. The van der Waals surface area contributed by atoms with Gasteiger partial charge in [-0.2, -0.15) is 0 Å². The van der Waals surface area contributed by atoms with Crippen molar-refractivity contribution in [1.29, 1.82) is 0 Å². The maximum atomic E-state index is 12.7. The first-order valence-electron chi connectivity index (χ1n) is 6.70. The fourth-order valence-electron chi connectivity index (χ4n) is 2.28. The standard InChI is InChI=1S/C16H16N4O/c1-12-15(18-14-10-6-7-11-17-14)16(21)20(19(12)2)13-8-4-3-5-9-13/h3-11H,1-2H3,(H,17,18). The molecule has 0 unspecified atom stereocenters. The van der Waals surface area contributed by atoms with Crippen molar-refractivity contribution in [2.75, 3.05) is 5.32 Å². The van der Waals surface area contributed by atoms with Gasteiger partial charge in [-0.1, -0.05) is 24.3 Å². The van der Waals surface area contributed by atoms with E-state index in [1.165, 1.54) is 0 Å². The van der Waals surface area contributed by atoms with Gasteiger partial charge in [-0.15, -0.1) is 0 Å². The largest absolute Gasteiger partial charge is 0.334 e. The maximum Gasteiger partial charge on any atom is 0.295 e. The van der Waals surface area contributed by atoms with Crippen molar-refractivity contribution in [1.82, 2.24) is 14.3 Å². The number of hydrogen-bond donors (Lipinski definition) is 1. The predicted octanol–water partition coefficient (Wildman–Crippen LogP) is 2.62. The molecule has 1 aromatic carbocycles. The predicted molar refractivity (Wildman–Crippen MR) is 83.3 cm³/mol. The molecule has 0 radical (unpaired) electrons. The summed E-state index contributed by atoms with van der Waals surface area (Å²) in [4.78, 5) is 16.9. The number of benzene rings is 1. The minimum atomic E-state index is -0.0909. The van der Waals surface area contributed by atoms with E-state index in [0.717, 1.165) is 11.4 Å². The summed E-state index contributed by atoms with van der Waals surface area (Å²) < 4.78 is 3.48. The van der Waals surface area contributed by atoms with E-state index in [1.54, 1.807) is 10.9 Å². The summed E-state index contributed by atoms with van der Waals surface area (Å²) in [5.41, 5.74) is 2.14. The van der Waals surface area contributed by atoms with Crippen LogP contribution in [0.1, 0.15) is 5.69 Å². The average molecular weight is 280 g/mol. The highest BCUT2D eigenvalue weighted by molar-refractivity contribution is 5.58. The minimum absolute atomic E-state index is 0.0909. The van der Waals surface area contributed by atoms with E-state index in [1.807, 2.05) is 67.2 Å². The molecule has 0 bridgehead atoms. The molecule has 2 aromatic heterocycles. The van der Waals surface area contributed by atoms with Gasteiger partial charge in [-0.05, 0) is 31.2 Å². The fraction of sp³-hybridized carbons (Fsp3) is 0.125. The Kier molecular flexibility index (Phi) is 3.31. The minimum Gasteiger partial charge on any atom is -0.334 e. The summed E-state index contributed by atoms with van der Waals surface area (Å²) in [5, 5.41) is 3.11. The summed E-state index contributed by atoms with van der Waals surface area (Å²) >= 11 is 0. The molecule has 2 heterocycles. The molecule has 5 heteroatoms. The highest BCUT2D eigenvalue weighted by atomic mass is 16.1. The number of rotatable bonds is 3. The van der Waals surface area contributed by atoms with Gasteiger partial charge in [0.1, 0.15) is 11.5 Å². The summed E-state index contributed by atoms with van der Waals surface area (Å²) in [7, 11) is 1.87. The lowest BCUT2D eigenvalue weighted by Crippen LogP contribution is -2.20. The van der Waals surface area contributed by atoms with Crippen molar-refractivity contribution in [2.45, 2.75) is 6.92 Å². The lowest BCUT2D eigenvalue weighted by Gasteiger charge is -2.07. The van der Waals surface area contributed by atoms with Crippen LogP contribution in [0, 0.1) is 6.92 Å². The van der Waals surface area contributed by atoms with Crippen molar-refractivity contribution in [3.05, 3.63) is 70.8 Å². The highest BCUT2D eigenvalue weighted by Crippen LogP contribution is 2.17. The SMILES string of the molecule is Cc1c(Nc2ccccn2)c(=O)n(-c2ccccc2)n1C. The highest BCUT2D eigenvalue weighted by Gasteiger charge is 2.16. The Labute approximate surface area is 122 Å². The van der Waals surface area contributed by atoms with Gasteiger partial charge in [0.05, 0.1) is 11.4 Å². The molecule has 0 saturated heterocycles. The van der Waals surface area contributed by atoms with E-state index < -0.39 is 0 Å². The van der Waals surface area contributed by atoms with Crippen LogP contribution in [0.4, 0.5) is 11.5 Å². The number of nitrogens with one attached hydrogen (secondary N) is 1. The third-order valence-corrected chi connectivity index (χ3v) is 3.47. The lowest BCUT2D eigenvalue weighted by molar-refractivity contribution is 0.630. The first-order valence-corrected chi connectivity index (χ1v) is 6.70. The van der Waals surface area contributed by atoms with Crippen molar-refractivity contribution < 1.29 is 0 Å². The Hall–Kier alpha value is -2.82. The Morgan fingerprint density at radius 2 is 1.76 bits per heavy atom. The van der Waals surface area contributed by atoms with E-state index in [2.05, 4.69) is 10.3 Å². The fourth-order valence-corrected chi connectivity index (χ4v) is 2.28. The number of pyridine rings is 1. The second-order valence-corrected chi connectivity index (χ2v) is 4.78. The molecule has 21 heavy (non-hydrogen) atoms. The molecule has 0 aliphatic heterocycles. The van der Waals surface area contributed by atoms with Crippen LogP contribution in [0.5, 0.6) is 0 Å². The van der Waals surface area contributed by atoms with Crippen LogP contribution in [0.25, 0.3) is 5.69 Å². The zero-order valence-electron chi connectivity index (χ0n) is 11.9. The summed E-state index contributed by atoms with van der Waals surface area (Å²) in [5.74, 6) is 0.656. The smallest absolute Gasteiger partial charge is 0.295 e. The van der Waals surface area contributed by atoms with Crippen molar-refractivity contribution in [2.24, 2.45) is 7.05 Å². The Morgan fingerprint density at radius 3 is 2.43 bits per heavy atom. The molecule has 5 nitrogen and oxygen atoms in total. The Morgan fingerprint density at radius 1 is 1.05 bits per heavy atom. The molecule has 0 atom stereocenters. The van der Waals surface area contributed by atoms with Gasteiger partial charge in [0, 0.05) is 13.2 Å². The molecule has 0 aliphatic rings. The normalized spacial score (nSPS) is 10.6. The lowest BCUT2D eigenvalue weighted by atomic mass is 10.3. The molecule has 0 aliphatic carbocycles. The third-order valence-electron chi connectivity index (χ3n) is 3.47. The van der Waals surface area contributed by atoms with Gasteiger partial charge >= 0.3 is 0 Å². The van der Waals surface area contributed by atoms with Crippen LogP contribution in [-0.2, 0) is 7.05 Å². The molecule has 0 spiro atoms. The molecule has 1 N–H and O–H groups in total. The number of hydrogen-bond acceptors (Lipinski definition) is 3. The number of anilines is 2. The number of aromatic nitrogens is 3. The van der Waals surface area contributed by atoms with E-state index >= 15 is 0 Å². The van der Waals surface area contributed by atoms with Crippen molar-refractivity contribution in [3.8, 4) is 5.69 Å². The molecule has 0 amide bonds. The zero-order chi connectivity index (χ0) is 14.8. The van der Waals surface area contributed by atoms with Gasteiger partial charge in [-0.25, -0.2) is 9.67 Å². The summed E-state index contributed by atoms with van der Waals surface area (Å²) in [6.45, 7) is 1.91. The van der Waals surface area contributed by atoms with Crippen molar-refractivity contribution in [3.63, 3.8) is 0 Å². The molecule has 3 rings (SSSR count). The molecular weight excluding hydrogens is 264 g/mol. The Bertz CT molecular complexity index is 804. The van der Waals surface area contributed by atoms with Gasteiger partial charge in [0.15, 0.2) is 0 Å². The second-order valence-electron chi connectivity index (χ2n) is 4.78. The zero-order valence-corrected chi connectivity index (χ0v) is 11.9. The van der Waals surface area contributed by atoms with Crippen LogP contribution in [0.3, 0.4) is 0 Å². The van der Waals surface area contributed by atoms with Gasteiger partial charge in [0.25, 0.3) is 5.56 Å². The number of para-hydroxylation sites is 1. The van der Waals surface area contributed by atoms with E-state index in [-0.39, 0.29) is 5.56 Å². The van der Waals surface area contributed by atoms with Crippen LogP contribution in [0.2, 0.25) is 0 Å². The van der Waals surface area contributed by atoms with Crippen LogP contribution in [-0.4, -0.2) is 14.3 Å². The van der Waals surface area contributed by atoms with Crippen LogP contribution < -0.4 is 10.9 Å². The van der Waals surface area contributed by atoms with E-state index in [4.69, 9.17) is 0 Å². The molecule has 3 aromatic rings. The molecule has 106 valence electrons. The molecule has 0 fully saturated rings. The van der Waals surface area contributed by atoms with Gasteiger partial charge in [-0.3, -0.25) is 9.48 Å². The summed E-state index contributed by atoms with van der Waals surface area (Å²) in [6, 6.07) is 15.1. The van der Waals surface area contributed by atoms with E-state index in [0.29, 0.717) is 11.5 Å². The number of nitrogens with zero attached hydrogens (tertiary/aromatic N) is 3.